The third kappa shape index (κ3) is 4.02. The van der Waals surface area contributed by atoms with Crippen LogP contribution in [0.1, 0.15) is 41.8 Å². The maximum atomic E-state index is 11.6. The summed E-state index contributed by atoms with van der Waals surface area (Å²) in [5.74, 6) is -0.828. The van der Waals surface area contributed by atoms with Crippen molar-refractivity contribution < 1.29 is 19.8 Å². The summed E-state index contributed by atoms with van der Waals surface area (Å²) < 4.78 is 0. The van der Waals surface area contributed by atoms with E-state index in [9.17, 15) is 14.7 Å². The van der Waals surface area contributed by atoms with Crippen molar-refractivity contribution in [1.29, 1.82) is 0 Å². The molecule has 0 atom stereocenters. The second-order valence-corrected chi connectivity index (χ2v) is 4.43. The SMILES string of the molecule is O=C(O)CCCCCC(=O)c1sccc1O. The molecule has 0 bridgehead atoms. The molecule has 0 aliphatic rings. The molecule has 5 heteroatoms. The first-order valence-electron chi connectivity index (χ1n) is 5.12. The van der Waals surface area contributed by atoms with E-state index in [1.54, 1.807) is 5.38 Å². The molecule has 1 aromatic heterocycles. The van der Waals surface area contributed by atoms with E-state index >= 15 is 0 Å². The predicted octanol–water partition coefficient (Wildman–Crippen LogP) is 2.67. The molecule has 0 saturated heterocycles. The first-order chi connectivity index (χ1) is 7.61. The third-order valence-electron chi connectivity index (χ3n) is 2.19. The quantitative estimate of drug-likeness (QED) is 0.569. The van der Waals surface area contributed by atoms with Gasteiger partial charge in [0.15, 0.2) is 5.78 Å². The Morgan fingerprint density at radius 1 is 1.19 bits per heavy atom. The van der Waals surface area contributed by atoms with E-state index in [0.29, 0.717) is 24.1 Å². The zero-order chi connectivity index (χ0) is 12.0. The Morgan fingerprint density at radius 3 is 2.44 bits per heavy atom. The average Bonchev–Trinajstić information content (AvgIpc) is 2.63. The molecule has 0 aliphatic carbocycles. The highest BCUT2D eigenvalue weighted by molar-refractivity contribution is 7.12. The molecule has 1 heterocycles. The first kappa shape index (κ1) is 12.7. The topological polar surface area (TPSA) is 74.6 Å². The van der Waals surface area contributed by atoms with E-state index in [4.69, 9.17) is 5.11 Å². The molecule has 0 amide bonds. The number of ketones is 1. The van der Waals surface area contributed by atoms with Crippen LogP contribution in [0.3, 0.4) is 0 Å². The fourth-order valence-electron chi connectivity index (χ4n) is 1.36. The largest absolute Gasteiger partial charge is 0.506 e. The van der Waals surface area contributed by atoms with Crippen LogP contribution in [-0.4, -0.2) is 22.0 Å². The number of hydrogen-bond donors (Lipinski definition) is 2. The van der Waals surface area contributed by atoms with Crippen molar-refractivity contribution >= 4 is 23.1 Å². The van der Waals surface area contributed by atoms with E-state index in [-0.39, 0.29) is 18.0 Å². The van der Waals surface area contributed by atoms with Gasteiger partial charge in [-0.1, -0.05) is 6.42 Å². The maximum absolute atomic E-state index is 11.6. The van der Waals surface area contributed by atoms with Crippen LogP contribution in [-0.2, 0) is 4.79 Å². The minimum Gasteiger partial charge on any atom is -0.506 e. The number of thiophene rings is 1. The normalized spacial score (nSPS) is 10.2. The Hall–Kier alpha value is -1.36. The van der Waals surface area contributed by atoms with Gasteiger partial charge in [-0.25, -0.2) is 0 Å². The van der Waals surface area contributed by atoms with Crippen molar-refractivity contribution in [2.24, 2.45) is 0 Å². The summed E-state index contributed by atoms with van der Waals surface area (Å²) >= 11 is 1.23. The summed E-state index contributed by atoms with van der Waals surface area (Å²) in [6, 6.07) is 1.50. The number of aliphatic carboxylic acids is 1. The van der Waals surface area contributed by atoms with Crippen LogP contribution in [0.2, 0.25) is 0 Å². The van der Waals surface area contributed by atoms with Gasteiger partial charge in [-0.05, 0) is 24.3 Å². The molecule has 1 aromatic rings. The molecule has 0 saturated carbocycles. The van der Waals surface area contributed by atoms with Gasteiger partial charge in [0.05, 0.1) is 0 Å². The molecule has 0 unspecified atom stereocenters. The van der Waals surface area contributed by atoms with Crippen molar-refractivity contribution in [3.8, 4) is 5.75 Å². The number of Topliss-reactive ketones (excluding diaryl/α,β-unsaturated/α-hetero) is 1. The minimum absolute atomic E-state index is 0.0422. The molecule has 1 rings (SSSR count). The third-order valence-corrected chi connectivity index (χ3v) is 3.14. The Kier molecular flexibility index (Phi) is 4.98. The van der Waals surface area contributed by atoms with Crippen LogP contribution in [0.5, 0.6) is 5.75 Å². The monoisotopic (exact) mass is 242 g/mol. The smallest absolute Gasteiger partial charge is 0.303 e. The van der Waals surface area contributed by atoms with Gasteiger partial charge in [0.2, 0.25) is 0 Å². The average molecular weight is 242 g/mol. The summed E-state index contributed by atoms with van der Waals surface area (Å²) in [6.45, 7) is 0. The Bertz CT molecular complexity index is 370. The molecule has 4 nitrogen and oxygen atoms in total. The van der Waals surface area contributed by atoms with Crippen molar-refractivity contribution in [2.75, 3.05) is 0 Å². The van der Waals surface area contributed by atoms with Gasteiger partial charge in [0, 0.05) is 12.8 Å². The Morgan fingerprint density at radius 2 is 1.88 bits per heavy atom. The fraction of sp³-hybridized carbons (Fsp3) is 0.455. The molecule has 2 N–H and O–H groups in total. The van der Waals surface area contributed by atoms with Crippen LogP contribution in [0.15, 0.2) is 11.4 Å². The number of carboxylic acids is 1. The minimum atomic E-state index is -0.803. The van der Waals surface area contributed by atoms with Crippen LogP contribution < -0.4 is 0 Å². The highest BCUT2D eigenvalue weighted by Gasteiger charge is 2.11. The predicted molar refractivity (Wildman–Crippen MR) is 61.0 cm³/mol. The van der Waals surface area contributed by atoms with Crippen LogP contribution in [0, 0.1) is 0 Å². The zero-order valence-corrected chi connectivity index (χ0v) is 9.63. The standard InChI is InChI=1S/C11H14O4S/c12-8(11-9(13)6-7-16-11)4-2-1-3-5-10(14)15/h6-7,13H,1-5H2,(H,14,15). The molecule has 0 aromatic carbocycles. The Balaban J connectivity index is 2.21. The Labute approximate surface area is 97.5 Å². The molecular weight excluding hydrogens is 228 g/mol. The number of carbonyl (C=O) groups excluding carboxylic acids is 1. The van der Waals surface area contributed by atoms with Crippen LogP contribution in [0.25, 0.3) is 0 Å². The summed E-state index contributed by atoms with van der Waals surface area (Å²) in [5, 5.41) is 19.4. The number of carbonyl (C=O) groups is 2. The lowest BCUT2D eigenvalue weighted by atomic mass is 10.1. The number of carboxylic acid groups (broad SMARTS) is 1. The van der Waals surface area contributed by atoms with Crippen LogP contribution in [0.4, 0.5) is 0 Å². The molecule has 0 spiro atoms. The first-order valence-corrected chi connectivity index (χ1v) is 6.00. The number of unbranched alkanes of at least 4 members (excludes halogenated alkanes) is 2. The summed E-state index contributed by atoms with van der Waals surface area (Å²) in [5.41, 5.74) is 0. The van der Waals surface area contributed by atoms with Gasteiger partial charge < -0.3 is 10.2 Å². The van der Waals surface area contributed by atoms with Crippen LogP contribution >= 0.6 is 11.3 Å². The number of rotatable bonds is 7. The molecule has 88 valence electrons. The molecule has 0 radical (unpaired) electrons. The lowest BCUT2D eigenvalue weighted by Gasteiger charge is -1.99. The highest BCUT2D eigenvalue weighted by atomic mass is 32.1. The summed E-state index contributed by atoms with van der Waals surface area (Å²) in [6.07, 6.45) is 2.51. The molecule has 0 aliphatic heterocycles. The second kappa shape index (κ2) is 6.27. The van der Waals surface area contributed by atoms with E-state index in [0.717, 1.165) is 6.42 Å². The van der Waals surface area contributed by atoms with E-state index in [2.05, 4.69) is 0 Å². The van der Waals surface area contributed by atoms with Gasteiger partial charge in [0.1, 0.15) is 10.6 Å². The van der Waals surface area contributed by atoms with Gasteiger partial charge in [-0.2, -0.15) is 0 Å². The van der Waals surface area contributed by atoms with Gasteiger partial charge >= 0.3 is 5.97 Å². The second-order valence-electron chi connectivity index (χ2n) is 3.51. The van der Waals surface area contributed by atoms with E-state index in [1.165, 1.54) is 17.4 Å². The molecular formula is C11H14O4S. The van der Waals surface area contributed by atoms with Gasteiger partial charge in [-0.15, -0.1) is 11.3 Å². The zero-order valence-electron chi connectivity index (χ0n) is 8.81. The number of aromatic hydroxyl groups is 1. The van der Waals surface area contributed by atoms with Crippen molar-refractivity contribution in [2.45, 2.75) is 32.1 Å². The molecule has 0 fully saturated rings. The van der Waals surface area contributed by atoms with Crippen molar-refractivity contribution in [1.82, 2.24) is 0 Å². The summed E-state index contributed by atoms with van der Waals surface area (Å²) in [4.78, 5) is 22.2. The maximum Gasteiger partial charge on any atom is 0.303 e. The lowest BCUT2D eigenvalue weighted by molar-refractivity contribution is -0.137. The summed E-state index contributed by atoms with van der Waals surface area (Å²) in [7, 11) is 0. The lowest BCUT2D eigenvalue weighted by Crippen LogP contribution is -1.97. The number of hydrogen-bond acceptors (Lipinski definition) is 4. The van der Waals surface area contributed by atoms with Gasteiger partial charge in [0.25, 0.3) is 0 Å². The molecule has 16 heavy (non-hydrogen) atoms. The van der Waals surface area contributed by atoms with Crippen molar-refractivity contribution in [3.63, 3.8) is 0 Å². The highest BCUT2D eigenvalue weighted by Crippen LogP contribution is 2.25. The van der Waals surface area contributed by atoms with Gasteiger partial charge in [-0.3, -0.25) is 9.59 Å². The van der Waals surface area contributed by atoms with Crippen molar-refractivity contribution in [3.05, 3.63) is 16.3 Å². The van der Waals surface area contributed by atoms with E-state index in [1.807, 2.05) is 0 Å². The fourth-order valence-corrected chi connectivity index (χ4v) is 2.12. The van der Waals surface area contributed by atoms with E-state index < -0.39 is 5.97 Å².